The fraction of sp³-hybridized carbons (Fsp3) is 0.333. The molecule has 0 amide bonds. The van der Waals surface area contributed by atoms with Crippen molar-refractivity contribution in [1.29, 1.82) is 0 Å². The normalized spacial score (nSPS) is 9.90. The van der Waals surface area contributed by atoms with E-state index in [0.29, 0.717) is 0 Å². The largest absolute Gasteiger partial charge is 0.333 e. The maximum atomic E-state index is 13.0. The number of aryl methyl sites for hydroxylation is 2. The van der Waals surface area contributed by atoms with Crippen LogP contribution in [0.25, 0.3) is 0 Å². The van der Waals surface area contributed by atoms with Crippen molar-refractivity contribution in [1.82, 2.24) is 0 Å². The molecule has 110 valence electrons. The zero-order valence-electron chi connectivity index (χ0n) is 13.0. The van der Waals surface area contributed by atoms with Gasteiger partial charge in [-0.15, -0.1) is 0 Å². The number of hydrogen-bond acceptors (Lipinski definition) is 1. The summed E-state index contributed by atoms with van der Waals surface area (Å²) >= 11 is 0. The van der Waals surface area contributed by atoms with Crippen molar-refractivity contribution >= 4 is 0 Å². The molecule has 0 aliphatic rings. The lowest BCUT2D eigenvalue weighted by Gasteiger charge is -2.08. The minimum Gasteiger partial charge on any atom is -0.333 e. The van der Waals surface area contributed by atoms with Gasteiger partial charge in [0, 0.05) is 0 Å². The number of hydrogen-bond donors (Lipinski definition) is 1. The molecule has 0 aliphatic carbocycles. The molecule has 0 heterocycles. The van der Waals surface area contributed by atoms with Crippen molar-refractivity contribution < 1.29 is 4.39 Å². The van der Waals surface area contributed by atoms with Crippen molar-refractivity contribution in [2.75, 3.05) is 7.05 Å². The topological polar surface area (TPSA) is 26.0 Å². The van der Waals surface area contributed by atoms with Gasteiger partial charge in [0.05, 0.1) is 0 Å². The molecular weight excluding hydrogens is 249 g/mol. The molecule has 0 atom stereocenters. The highest BCUT2D eigenvalue weighted by Gasteiger charge is 2.02. The minimum absolute atomic E-state index is 0.162. The van der Waals surface area contributed by atoms with Crippen LogP contribution in [0.2, 0.25) is 0 Å². The highest BCUT2D eigenvalue weighted by atomic mass is 19.1. The second-order valence-corrected chi connectivity index (χ2v) is 4.69. The second-order valence-electron chi connectivity index (χ2n) is 4.69. The van der Waals surface area contributed by atoms with Gasteiger partial charge < -0.3 is 5.73 Å². The summed E-state index contributed by atoms with van der Waals surface area (Å²) in [6.45, 7) is 9.86. The maximum Gasteiger partial charge on any atom is 0.123 e. The first kappa shape index (κ1) is 18.3. The van der Waals surface area contributed by atoms with E-state index < -0.39 is 0 Å². The molecule has 0 spiro atoms. The first-order chi connectivity index (χ1) is 9.54. The van der Waals surface area contributed by atoms with Crippen molar-refractivity contribution in [3.63, 3.8) is 0 Å². The van der Waals surface area contributed by atoms with Crippen LogP contribution in [-0.2, 0) is 6.42 Å². The van der Waals surface area contributed by atoms with Gasteiger partial charge in [0.1, 0.15) is 5.82 Å². The maximum absolute atomic E-state index is 13.0. The highest BCUT2D eigenvalue weighted by molar-refractivity contribution is 5.30. The molecule has 20 heavy (non-hydrogen) atoms. The Morgan fingerprint density at radius 3 is 2.45 bits per heavy atom. The Kier molecular flexibility index (Phi) is 9.31. The summed E-state index contributed by atoms with van der Waals surface area (Å²) in [5, 5.41) is 0. The number of benzene rings is 1. The molecule has 0 aromatic heterocycles. The van der Waals surface area contributed by atoms with Gasteiger partial charge >= 0.3 is 0 Å². The molecule has 1 nitrogen and oxygen atoms in total. The Morgan fingerprint density at radius 1 is 1.30 bits per heavy atom. The number of allylic oxidation sites excluding steroid dienone is 5. The number of halogens is 1. The molecule has 0 bridgehead atoms. The van der Waals surface area contributed by atoms with Gasteiger partial charge in [-0.2, -0.15) is 0 Å². The second kappa shape index (κ2) is 10.2. The van der Waals surface area contributed by atoms with Gasteiger partial charge in [-0.1, -0.05) is 36.4 Å². The lowest BCUT2D eigenvalue weighted by atomic mass is 9.98. The molecule has 0 aliphatic heterocycles. The molecule has 0 saturated heterocycles. The SMILES string of the molecule is C=C/C=C\C(CCc1ccc(F)cc1C)=C(C)C.CN. The zero-order valence-corrected chi connectivity index (χ0v) is 13.0. The summed E-state index contributed by atoms with van der Waals surface area (Å²) in [5.74, 6) is -0.162. The molecule has 0 radical (unpaired) electrons. The molecule has 1 rings (SSSR count). The Bertz CT molecular complexity index is 480. The van der Waals surface area contributed by atoms with E-state index in [0.717, 1.165) is 18.4 Å². The highest BCUT2D eigenvalue weighted by Crippen LogP contribution is 2.17. The predicted octanol–water partition coefficient (Wildman–Crippen LogP) is 4.72. The van der Waals surface area contributed by atoms with Gasteiger partial charge in [0.25, 0.3) is 0 Å². The van der Waals surface area contributed by atoms with Crippen LogP contribution in [0.1, 0.15) is 31.4 Å². The molecule has 2 heteroatoms. The van der Waals surface area contributed by atoms with E-state index >= 15 is 0 Å². The molecular formula is C18H26FN. The summed E-state index contributed by atoms with van der Waals surface area (Å²) in [7, 11) is 1.50. The first-order valence-corrected chi connectivity index (χ1v) is 6.83. The fourth-order valence-electron chi connectivity index (χ4n) is 1.89. The van der Waals surface area contributed by atoms with Gasteiger partial charge in [-0.3, -0.25) is 0 Å². The van der Waals surface area contributed by atoms with E-state index in [1.54, 1.807) is 12.1 Å². The van der Waals surface area contributed by atoms with E-state index in [2.05, 4.69) is 32.2 Å². The predicted molar refractivity (Wildman–Crippen MR) is 87.3 cm³/mol. The van der Waals surface area contributed by atoms with Crippen molar-refractivity contribution in [2.45, 2.75) is 33.6 Å². The van der Waals surface area contributed by atoms with Gasteiger partial charge in [-0.05, 0) is 69.5 Å². The third-order valence-corrected chi connectivity index (χ3v) is 3.04. The Labute approximate surface area is 122 Å². The molecule has 1 aromatic carbocycles. The smallest absolute Gasteiger partial charge is 0.123 e. The fourth-order valence-corrected chi connectivity index (χ4v) is 1.89. The minimum atomic E-state index is -0.162. The summed E-state index contributed by atoms with van der Waals surface area (Å²) in [6, 6.07) is 5.01. The van der Waals surface area contributed by atoms with Crippen LogP contribution in [0.5, 0.6) is 0 Å². The van der Waals surface area contributed by atoms with Crippen molar-refractivity contribution in [3.05, 3.63) is 71.1 Å². The van der Waals surface area contributed by atoms with Crippen LogP contribution in [0.15, 0.2) is 54.2 Å². The average Bonchev–Trinajstić information content (AvgIpc) is 2.42. The molecule has 0 unspecified atom stereocenters. The van der Waals surface area contributed by atoms with E-state index in [1.165, 1.54) is 29.8 Å². The van der Waals surface area contributed by atoms with E-state index in [4.69, 9.17) is 0 Å². The Hall–Kier alpha value is -1.67. The zero-order chi connectivity index (χ0) is 15.5. The van der Waals surface area contributed by atoms with Gasteiger partial charge in [0.2, 0.25) is 0 Å². The van der Waals surface area contributed by atoms with E-state index in [9.17, 15) is 4.39 Å². The Balaban J connectivity index is 0.00000172. The summed E-state index contributed by atoms with van der Waals surface area (Å²) in [5.41, 5.74) is 9.37. The lowest BCUT2D eigenvalue weighted by Crippen LogP contribution is -1.93. The van der Waals surface area contributed by atoms with Crippen LogP contribution < -0.4 is 5.73 Å². The molecule has 0 fully saturated rings. The van der Waals surface area contributed by atoms with E-state index in [-0.39, 0.29) is 5.82 Å². The van der Waals surface area contributed by atoms with Gasteiger partial charge in [-0.25, -0.2) is 4.39 Å². The number of nitrogens with two attached hydrogens (primary N) is 1. The van der Waals surface area contributed by atoms with Crippen LogP contribution in [0, 0.1) is 12.7 Å². The molecule has 1 aromatic rings. The Morgan fingerprint density at radius 2 is 1.95 bits per heavy atom. The van der Waals surface area contributed by atoms with Crippen LogP contribution >= 0.6 is 0 Å². The third-order valence-electron chi connectivity index (χ3n) is 3.04. The third kappa shape index (κ3) is 6.48. The van der Waals surface area contributed by atoms with E-state index in [1.807, 2.05) is 19.1 Å². The summed E-state index contributed by atoms with van der Waals surface area (Å²) < 4.78 is 13.0. The lowest BCUT2D eigenvalue weighted by molar-refractivity contribution is 0.625. The van der Waals surface area contributed by atoms with Gasteiger partial charge in [0.15, 0.2) is 0 Å². The number of rotatable bonds is 5. The summed E-state index contributed by atoms with van der Waals surface area (Å²) in [4.78, 5) is 0. The van der Waals surface area contributed by atoms with Crippen molar-refractivity contribution in [2.24, 2.45) is 5.73 Å². The average molecular weight is 275 g/mol. The summed E-state index contributed by atoms with van der Waals surface area (Å²) in [6.07, 6.45) is 7.75. The van der Waals surface area contributed by atoms with Crippen LogP contribution in [-0.4, -0.2) is 7.05 Å². The van der Waals surface area contributed by atoms with Crippen LogP contribution in [0.3, 0.4) is 0 Å². The quantitative estimate of drug-likeness (QED) is 0.773. The molecule has 0 saturated carbocycles. The monoisotopic (exact) mass is 275 g/mol. The first-order valence-electron chi connectivity index (χ1n) is 6.83. The van der Waals surface area contributed by atoms with Crippen LogP contribution in [0.4, 0.5) is 4.39 Å². The van der Waals surface area contributed by atoms with Crippen molar-refractivity contribution in [3.8, 4) is 0 Å². The molecule has 2 N–H and O–H groups in total. The standard InChI is InChI=1S/C17H21F.CH5N/c1-5-6-7-15(13(2)3)8-9-16-10-11-17(18)12-14(16)4;1-2/h5-7,10-12H,1,8-9H2,2-4H3;2H2,1H3/b7-6-;.